The second-order valence-electron chi connectivity index (χ2n) is 5.54. The van der Waals surface area contributed by atoms with E-state index < -0.39 is 0 Å². The van der Waals surface area contributed by atoms with E-state index in [-0.39, 0.29) is 35.9 Å². The number of hydrogen-bond acceptors (Lipinski definition) is 3. The number of hydrogen-bond donors (Lipinski definition) is 2. The zero-order valence-electron chi connectivity index (χ0n) is 14.2. The van der Waals surface area contributed by atoms with E-state index in [1.165, 1.54) is 4.88 Å². The Morgan fingerprint density at radius 2 is 2.25 bits per heavy atom. The number of thiophene rings is 1. The highest BCUT2D eigenvalue weighted by atomic mass is 127. The average Bonchev–Trinajstić information content (AvgIpc) is 3.16. The third kappa shape index (κ3) is 6.76. The number of carbonyl (C=O) groups is 1. The number of nitrogens with zero attached hydrogens (tertiary/aromatic N) is 2. The third-order valence-electron chi connectivity index (χ3n) is 3.79. The molecule has 8 heteroatoms. The lowest BCUT2D eigenvalue weighted by Gasteiger charge is -2.18. The minimum Gasteiger partial charge on any atom is -0.357 e. The van der Waals surface area contributed by atoms with Gasteiger partial charge in [-0.25, -0.2) is 0 Å². The molecule has 1 saturated heterocycles. The predicted molar refractivity (Wildman–Crippen MR) is 113 cm³/mol. The Morgan fingerprint density at radius 3 is 2.88 bits per heavy atom. The fourth-order valence-electron chi connectivity index (χ4n) is 2.61. The van der Waals surface area contributed by atoms with Crippen LogP contribution in [0.4, 0.5) is 0 Å². The zero-order chi connectivity index (χ0) is 16.7. The molecular weight excluding hydrogens is 459 g/mol. The highest BCUT2D eigenvalue weighted by Gasteiger charge is 2.25. The van der Waals surface area contributed by atoms with E-state index in [1.807, 2.05) is 24.0 Å². The molecule has 1 amide bonds. The molecule has 1 aromatic rings. The van der Waals surface area contributed by atoms with Gasteiger partial charge in [0, 0.05) is 49.9 Å². The van der Waals surface area contributed by atoms with Crippen molar-refractivity contribution < 1.29 is 4.79 Å². The number of carbonyl (C=O) groups excluding carboxylic acids is 1. The smallest absolute Gasteiger partial charge is 0.222 e. The number of likely N-dealkylation sites (tertiary alicyclic amines) is 1. The molecule has 1 fully saturated rings. The molecule has 1 aliphatic heterocycles. The average molecular weight is 485 g/mol. The topological polar surface area (TPSA) is 56.7 Å². The van der Waals surface area contributed by atoms with E-state index in [9.17, 15) is 4.79 Å². The van der Waals surface area contributed by atoms with Crippen molar-refractivity contribution >= 4 is 58.8 Å². The van der Waals surface area contributed by atoms with Crippen LogP contribution in [0.1, 0.15) is 31.6 Å². The second kappa shape index (κ2) is 11.1. The van der Waals surface area contributed by atoms with Crippen molar-refractivity contribution in [2.24, 2.45) is 4.99 Å². The van der Waals surface area contributed by atoms with Crippen molar-refractivity contribution in [3.63, 3.8) is 0 Å². The summed E-state index contributed by atoms with van der Waals surface area (Å²) in [5.74, 6) is 1.05. The van der Waals surface area contributed by atoms with Crippen LogP contribution in [0.15, 0.2) is 17.1 Å². The molecule has 5 nitrogen and oxygen atoms in total. The van der Waals surface area contributed by atoms with Gasteiger partial charge in [0.15, 0.2) is 5.96 Å². The fraction of sp³-hybridized carbons (Fsp3) is 0.625. The summed E-state index contributed by atoms with van der Waals surface area (Å²) in [6.07, 6.45) is 2.43. The molecule has 0 radical (unpaired) electrons. The van der Waals surface area contributed by atoms with Crippen LogP contribution in [0.2, 0.25) is 4.34 Å². The predicted octanol–water partition coefficient (Wildman–Crippen LogP) is 3.13. The molecule has 0 bridgehead atoms. The number of halogens is 2. The van der Waals surface area contributed by atoms with E-state index in [2.05, 4.69) is 22.5 Å². The van der Waals surface area contributed by atoms with Gasteiger partial charge >= 0.3 is 0 Å². The third-order valence-corrected chi connectivity index (χ3v) is 5.08. The molecule has 1 aliphatic rings. The maximum absolute atomic E-state index is 11.7. The normalized spacial score (nSPS) is 17.5. The maximum Gasteiger partial charge on any atom is 0.222 e. The standard InChI is InChI=1S/C16H25ClN4OS.HI/c1-3-15(22)21-10-8-12(11-21)20-16(18-4-2)19-9-7-13-5-6-14(17)23-13;/h5-6,12H,3-4,7-11H2,1-2H3,(H2,18,19,20);1H. The lowest BCUT2D eigenvalue weighted by Crippen LogP contribution is -2.45. The highest BCUT2D eigenvalue weighted by Crippen LogP contribution is 2.21. The van der Waals surface area contributed by atoms with Crippen molar-refractivity contribution in [2.45, 2.75) is 39.2 Å². The molecule has 1 atom stereocenters. The Kier molecular flexibility index (Phi) is 9.99. The molecule has 2 N–H and O–H groups in total. The van der Waals surface area contributed by atoms with Gasteiger partial charge < -0.3 is 15.5 Å². The van der Waals surface area contributed by atoms with Gasteiger partial charge in [-0.1, -0.05) is 18.5 Å². The van der Waals surface area contributed by atoms with E-state index in [1.54, 1.807) is 11.3 Å². The van der Waals surface area contributed by atoms with E-state index >= 15 is 0 Å². The van der Waals surface area contributed by atoms with Gasteiger partial charge in [-0.05, 0) is 25.5 Å². The molecule has 0 saturated carbocycles. The van der Waals surface area contributed by atoms with Crippen LogP contribution in [0.5, 0.6) is 0 Å². The van der Waals surface area contributed by atoms with Crippen LogP contribution >= 0.6 is 46.9 Å². The molecule has 0 spiro atoms. The lowest BCUT2D eigenvalue weighted by molar-refractivity contribution is -0.129. The number of aliphatic imine (C=N–C) groups is 1. The lowest BCUT2D eigenvalue weighted by atomic mass is 10.3. The van der Waals surface area contributed by atoms with Crippen LogP contribution in [-0.2, 0) is 11.2 Å². The van der Waals surface area contributed by atoms with Gasteiger partial charge in [-0.15, -0.1) is 35.3 Å². The minimum atomic E-state index is 0. The summed E-state index contributed by atoms with van der Waals surface area (Å²) >= 11 is 7.54. The first-order valence-electron chi connectivity index (χ1n) is 8.19. The number of rotatable bonds is 6. The number of nitrogens with one attached hydrogen (secondary N) is 2. The first-order valence-corrected chi connectivity index (χ1v) is 9.38. The molecule has 1 aromatic heterocycles. The Morgan fingerprint density at radius 1 is 1.46 bits per heavy atom. The highest BCUT2D eigenvalue weighted by molar-refractivity contribution is 14.0. The van der Waals surface area contributed by atoms with Crippen LogP contribution in [0, 0.1) is 0 Å². The molecule has 2 rings (SSSR count). The van der Waals surface area contributed by atoms with Gasteiger partial charge in [0.05, 0.1) is 4.34 Å². The number of guanidine groups is 1. The van der Waals surface area contributed by atoms with Crippen molar-refractivity contribution in [1.29, 1.82) is 0 Å². The second-order valence-corrected chi connectivity index (χ2v) is 7.34. The molecule has 0 aliphatic carbocycles. The maximum atomic E-state index is 11.7. The van der Waals surface area contributed by atoms with Gasteiger partial charge in [0.1, 0.15) is 0 Å². The summed E-state index contributed by atoms with van der Waals surface area (Å²) in [6.45, 7) is 7.09. The van der Waals surface area contributed by atoms with Crippen LogP contribution in [0.3, 0.4) is 0 Å². The summed E-state index contributed by atoms with van der Waals surface area (Å²) < 4.78 is 0.820. The summed E-state index contributed by atoms with van der Waals surface area (Å²) in [7, 11) is 0. The SMILES string of the molecule is CCNC(=NCCc1ccc(Cl)s1)NC1CCN(C(=O)CC)C1.I. The Balaban J connectivity index is 0.00000288. The van der Waals surface area contributed by atoms with Gasteiger partial charge in [-0.2, -0.15) is 0 Å². The first kappa shape index (κ1) is 21.5. The van der Waals surface area contributed by atoms with Gasteiger partial charge in [0.2, 0.25) is 5.91 Å². The largest absolute Gasteiger partial charge is 0.357 e. The Labute approximate surface area is 170 Å². The fourth-order valence-corrected chi connectivity index (χ4v) is 3.68. The van der Waals surface area contributed by atoms with E-state index in [0.717, 1.165) is 49.3 Å². The molecule has 0 aromatic carbocycles. The van der Waals surface area contributed by atoms with Crippen LogP contribution in [-0.4, -0.2) is 49.0 Å². The first-order chi connectivity index (χ1) is 11.1. The number of amides is 1. The van der Waals surface area contributed by atoms with Crippen LogP contribution < -0.4 is 10.6 Å². The van der Waals surface area contributed by atoms with Gasteiger partial charge in [-0.3, -0.25) is 9.79 Å². The molecule has 136 valence electrons. The monoisotopic (exact) mass is 484 g/mol. The Bertz CT molecular complexity index is 552. The summed E-state index contributed by atoms with van der Waals surface area (Å²) in [5.41, 5.74) is 0. The molecule has 1 unspecified atom stereocenters. The summed E-state index contributed by atoms with van der Waals surface area (Å²) in [4.78, 5) is 19.5. The van der Waals surface area contributed by atoms with Crippen LogP contribution in [0.25, 0.3) is 0 Å². The van der Waals surface area contributed by atoms with Crippen molar-refractivity contribution in [1.82, 2.24) is 15.5 Å². The van der Waals surface area contributed by atoms with E-state index in [4.69, 9.17) is 11.6 Å². The quantitative estimate of drug-likeness (QED) is 0.371. The van der Waals surface area contributed by atoms with Crippen molar-refractivity contribution in [2.75, 3.05) is 26.2 Å². The molecular formula is C16H26ClIN4OS. The van der Waals surface area contributed by atoms with E-state index in [0.29, 0.717) is 6.42 Å². The molecule has 2 heterocycles. The zero-order valence-corrected chi connectivity index (χ0v) is 18.1. The molecule has 24 heavy (non-hydrogen) atoms. The van der Waals surface area contributed by atoms with Crippen molar-refractivity contribution in [3.05, 3.63) is 21.3 Å². The summed E-state index contributed by atoms with van der Waals surface area (Å²) in [5, 5.41) is 6.71. The Hall–Kier alpha value is -0.540. The summed E-state index contributed by atoms with van der Waals surface area (Å²) in [6, 6.07) is 4.25. The minimum absolute atomic E-state index is 0. The van der Waals surface area contributed by atoms with Crippen molar-refractivity contribution in [3.8, 4) is 0 Å². The van der Waals surface area contributed by atoms with Gasteiger partial charge in [0.25, 0.3) is 0 Å².